The summed E-state index contributed by atoms with van der Waals surface area (Å²) >= 11 is 3.54. The summed E-state index contributed by atoms with van der Waals surface area (Å²) in [5.74, 6) is 0. The van der Waals surface area contributed by atoms with Crippen LogP contribution in [0.2, 0.25) is 0 Å². The molecule has 3 nitrogen and oxygen atoms in total. The van der Waals surface area contributed by atoms with Gasteiger partial charge in [0.2, 0.25) is 0 Å². The Morgan fingerprint density at radius 1 is 1.25 bits per heavy atom. The molecule has 0 aromatic heterocycles. The monoisotopic (exact) mass is 337 g/mol. The molecule has 110 valence electrons. The standard InChI is InChI=1S/C16H24BrN3/c1-13-10-15(17)3-2-14(13)11-19-7-4-16(12-19)20-8-5-18-6-9-20/h2-3,10,16,18H,4-9,11-12H2,1H3. The summed E-state index contributed by atoms with van der Waals surface area (Å²) in [6.07, 6.45) is 1.33. The van der Waals surface area contributed by atoms with Crippen LogP contribution in [0.3, 0.4) is 0 Å². The zero-order valence-electron chi connectivity index (χ0n) is 12.2. The van der Waals surface area contributed by atoms with Crippen molar-refractivity contribution in [2.75, 3.05) is 39.3 Å². The average Bonchev–Trinajstić information content (AvgIpc) is 2.92. The van der Waals surface area contributed by atoms with Crippen molar-refractivity contribution >= 4 is 15.9 Å². The van der Waals surface area contributed by atoms with E-state index in [2.05, 4.69) is 56.2 Å². The van der Waals surface area contributed by atoms with Crippen LogP contribution in [0.15, 0.2) is 22.7 Å². The lowest BCUT2D eigenvalue weighted by Crippen LogP contribution is -2.49. The normalized spacial score (nSPS) is 25.2. The third kappa shape index (κ3) is 3.42. The Labute approximate surface area is 130 Å². The summed E-state index contributed by atoms with van der Waals surface area (Å²) in [5, 5.41) is 3.44. The van der Waals surface area contributed by atoms with E-state index in [-0.39, 0.29) is 0 Å². The molecule has 2 heterocycles. The van der Waals surface area contributed by atoms with Gasteiger partial charge in [-0.1, -0.05) is 22.0 Å². The molecule has 2 aliphatic heterocycles. The highest BCUT2D eigenvalue weighted by molar-refractivity contribution is 9.10. The highest BCUT2D eigenvalue weighted by atomic mass is 79.9. The van der Waals surface area contributed by atoms with Gasteiger partial charge in [0.1, 0.15) is 0 Å². The van der Waals surface area contributed by atoms with Gasteiger partial charge in [-0.05, 0) is 36.6 Å². The average molecular weight is 338 g/mol. The van der Waals surface area contributed by atoms with Gasteiger partial charge < -0.3 is 5.32 Å². The molecule has 2 saturated heterocycles. The van der Waals surface area contributed by atoms with Gasteiger partial charge in [-0.3, -0.25) is 9.80 Å². The van der Waals surface area contributed by atoms with Crippen LogP contribution in [0.1, 0.15) is 17.5 Å². The molecule has 1 atom stereocenters. The maximum atomic E-state index is 3.54. The number of aryl methyl sites for hydroxylation is 1. The fourth-order valence-electron chi connectivity index (χ4n) is 3.38. The van der Waals surface area contributed by atoms with Gasteiger partial charge in [0, 0.05) is 56.3 Å². The van der Waals surface area contributed by atoms with Crippen LogP contribution in [0.4, 0.5) is 0 Å². The first-order valence-electron chi connectivity index (χ1n) is 7.64. The van der Waals surface area contributed by atoms with Crippen LogP contribution in [-0.2, 0) is 6.54 Å². The van der Waals surface area contributed by atoms with Gasteiger partial charge >= 0.3 is 0 Å². The van der Waals surface area contributed by atoms with Crippen LogP contribution >= 0.6 is 15.9 Å². The number of rotatable bonds is 3. The van der Waals surface area contributed by atoms with E-state index >= 15 is 0 Å². The molecule has 2 fully saturated rings. The number of hydrogen-bond donors (Lipinski definition) is 1. The van der Waals surface area contributed by atoms with Crippen molar-refractivity contribution in [1.29, 1.82) is 0 Å². The lowest BCUT2D eigenvalue weighted by atomic mass is 10.1. The van der Waals surface area contributed by atoms with Gasteiger partial charge in [-0.2, -0.15) is 0 Å². The van der Waals surface area contributed by atoms with E-state index in [9.17, 15) is 0 Å². The molecule has 1 aromatic rings. The number of halogens is 1. The number of piperazine rings is 1. The molecule has 0 spiro atoms. The van der Waals surface area contributed by atoms with E-state index in [0.717, 1.165) is 25.7 Å². The van der Waals surface area contributed by atoms with Gasteiger partial charge in [0.05, 0.1) is 0 Å². The number of benzene rings is 1. The van der Waals surface area contributed by atoms with Crippen molar-refractivity contribution in [3.8, 4) is 0 Å². The van der Waals surface area contributed by atoms with E-state index in [1.165, 1.54) is 48.2 Å². The first-order valence-corrected chi connectivity index (χ1v) is 8.44. The first-order chi connectivity index (χ1) is 9.72. The van der Waals surface area contributed by atoms with Crippen LogP contribution in [0.25, 0.3) is 0 Å². The maximum absolute atomic E-state index is 3.54. The van der Waals surface area contributed by atoms with Gasteiger partial charge in [-0.15, -0.1) is 0 Å². The predicted octanol–water partition coefficient (Wildman–Crippen LogP) is 2.24. The Morgan fingerprint density at radius 2 is 2.05 bits per heavy atom. The lowest BCUT2D eigenvalue weighted by molar-refractivity contribution is 0.170. The lowest BCUT2D eigenvalue weighted by Gasteiger charge is -2.32. The molecule has 0 radical (unpaired) electrons. The molecule has 0 amide bonds. The molecule has 1 aromatic carbocycles. The first kappa shape index (κ1) is 14.5. The molecule has 2 aliphatic rings. The van der Waals surface area contributed by atoms with Crippen LogP contribution in [0, 0.1) is 6.92 Å². The van der Waals surface area contributed by atoms with Crippen molar-refractivity contribution in [3.05, 3.63) is 33.8 Å². The molecule has 1 N–H and O–H groups in total. The Morgan fingerprint density at radius 3 is 2.80 bits per heavy atom. The largest absolute Gasteiger partial charge is 0.314 e. The quantitative estimate of drug-likeness (QED) is 0.912. The molecule has 0 bridgehead atoms. The summed E-state index contributed by atoms with van der Waals surface area (Å²) in [5.41, 5.74) is 2.86. The molecular weight excluding hydrogens is 314 g/mol. The minimum Gasteiger partial charge on any atom is -0.314 e. The molecule has 1 unspecified atom stereocenters. The predicted molar refractivity (Wildman–Crippen MR) is 87.0 cm³/mol. The van der Waals surface area contributed by atoms with Gasteiger partial charge in [0.25, 0.3) is 0 Å². The summed E-state index contributed by atoms with van der Waals surface area (Å²) < 4.78 is 1.18. The third-order valence-electron chi connectivity index (χ3n) is 4.61. The minimum absolute atomic E-state index is 0.771. The highest BCUT2D eigenvalue weighted by Gasteiger charge is 2.28. The topological polar surface area (TPSA) is 18.5 Å². The Kier molecular flexibility index (Phi) is 4.76. The summed E-state index contributed by atoms with van der Waals surface area (Å²) in [7, 11) is 0. The van der Waals surface area contributed by atoms with E-state index in [4.69, 9.17) is 0 Å². The molecule has 4 heteroatoms. The third-order valence-corrected chi connectivity index (χ3v) is 5.11. The second-order valence-electron chi connectivity index (χ2n) is 6.03. The van der Waals surface area contributed by atoms with Crippen LogP contribution < -0.4 is 5.32 Å². The Bertz CT molecular complexity index is 457. The number of hydrogen-bond acceptors (Lipinski definition) is 3. The fourth-order valence-corrected chi connectivity index (χ4v) is 3.85. The SMILES string of the molecule is Cc1cc(Br)ccc1CN1CCC(N2CCNCC2)C1. The zero-order valence-corrected chi connectivity index (χ0v) is 13.8. The molecule has 0 aliphatic carbocycles. The van der Waals surface area contributed by atoms with Crippen molar-refractivity contribution in [2.45, 2.75) is 25.9 Å². The number of nitrogens with one attached hydrogen (secondary N) is 1. The second kappa shape index (κ2) is 6.56. The summed E-state index contributed by atoms with van der Waals surface area (Å²) in [4.78, 5) is 5.29. The molecule has 3 rings (SSSR count). The molecular formula is C16H24BrN3. The number of likely N-dealkylation sites (tertiary alicyclic amines) is 1. The van der Waals surface area contributed by atoms with Crippen molar-refractivity contribution < 1.29 is 0 Å². The highest BCUT2D eigenvalue weighted by Crippen LogP contribution is 2.21. The van der Waals surface area contributed by atoms with E-state index in [0.29, 0.717) is 0 Å². The fraction of sp³-hybridized carbons (Fsp3) is 0.625. The van der Waals surface area contributed by atoms with E-state index < -0.39 is 0 Å². The van der Waals surface area contributed by atoms with E-state index in [1.807, 2.05) is 0 Å². The zero-order chi connectivity index (χ0) is 13.9. The maximum Gasteiger partial charge on any atom is 0.0237 e. The van der Waals surface area contributed by atoms with Crippen molar-refractivity contribution in [1.82, 2.24) is 15.1 Å². The van der Waals surface area contributed by atoms with Crippen molar-refractivity contribution in [2.24, 2.45) is 0 Å². The van der Waals surface area contributed by atoms with Gasteiger partial charge in [-0.25, -0.2) is 0 Å². The molecule has 0 saturated carbocycles. The smallest absolute Gasteiger partial charge is 0.0237 e. The van der Waals surface area contributed by atoms with E-state index in [1.54, 1.807) is 0 Å². The van der Waals surface area contributed by atoms with Crippen LogP contribution in [0.5, 0.6) is 0 Å². The van der Waals surface area contributed by atoms with Crippen molar-refractivity contribution in [3.63, 3.8) is 0 Å². The number of nitrogens with zero attached hydrogens (tertiary/aromatic N) is 2. The Hall–Kier alpha value is -0.420. The minimum atomic E-state index is 0.771. The molecule has 20 heavy (non-hydrogen) atoms. The second-order valence-corrected chi connectivity index (χ2v) is 6.95. The summed E-state index contributed by atoms with van der Waals surface area (Å²) in [6, 6.07) is 7.41. The summed E-state index contributed by atoms with van der Waals surface area (Å²) in [6.45, 7) is 10.5. The Balaban J connectivity index is 1.57. The van der Waals surface area contributed by atoms with Gasteiger partial charge in [0.15, 0.2) is 0 Å². The van der Waals surface area contributed by atoms with Crippen LogP contribution in [-0.4, -0.2) is 55.1 Å².